The van der Waals surface area contributed by atoms with Crippen LogP contribution in [-0.2, 0) is 0 Å². The molecule has 2 bridgehead atoms. The summed E-state index contributed by atoms with van der Waals surface area (Å²) in [6.45, 7) is 2.00. The lowest BCUT2D eigenvalue weighted by Gasteiger charge is -2.25. The van der Waals surface area contributed by atoms with Crippen molar-refractivity contribution in [2.45, 2.75) is 31.3 Å². The highest BCUT2D eigenvalue weighted by Gasteiger charge is 2.35. The van der Waals surface area contributed by atoms with Crippen LogP contribution in [0.1, 0.15) is 29.6 Å². The lowest BCUT2D eigenvalue weighted by Crippen LogP contribution is -2.37. The Balaban J connectivity index is 1.78. The number of carbonyl (C=O) groups excluding carboxylic acids is 1. The van der Waals surface area contributed by atoms with Crippen molar-refractivity contribution in [2.24, 2.45) is 0 Å². The van der Waals surface area contributed by atoms with E-state index in [-0.39, 0.29) is 0 Å². The van der Waals surface area contributed by atoms with Crippen LogP contribution in [0.5, 0.6) is 0 Å². The molecule has 0 aliphatic carbocycles. The number of fused-ring (bicyclic) bond motifs is 2. The number of rotatable bonds is 2. The molecule has 3 heterocycles. The zero-order valence-corrected chi connectivity index (χ0v) is 10.6. The normalized spacial score (nSPS) is 28.2. The third-order valence-electron chi connectivity index (χ3n) is 4.23. The van der Waals surface area contributed by atoms with E-state index >= 15 is 0 Å². The monoisotopic (exact) mass is 246 g/mol. The first-order valence-corrected chi connectivity index (χ1v) is 6.52. The van der Waals surface area contributed by atoms with Gasteiger partial charge in [-0.25, -0.2) is 9.97 Å². The van der Waals surface area contributed by atoms with Crippen LogP contribution in [0.25, 0.3) is 0 Å². The first kappa shape index (κ1) is 11.6. The first-order chi connectivity index (χ1) is 8.78. The van der Waals surface area contributed by atoms with Crippen molar-refractivity contribution in [3.63, 3.8) is 0 Å². The molecule has 0 radical (unpaired) electrons. The van der Waals surface area contributed by atoms with Crippen molar-refractivity contribution >= 4 is 12.2 Å². The molecule has 18 heavy (non-hydrogen) atoms. The molecule has 3 rings (SSSR count). The highest BCUT2D eigenvalue weighted by atomic mass is 16.1. The van der Waals surface area contributed by atoms with Gasteiger partial charge in [0.1, 0.15) is 0 Å². The Morgan fingerprint density at radius 1 is 1.22 bits per heavy atom. The van der Waals surface area contributed by atoms with E-state index in [4.69, 9.17) is 0 Å². The van der Waals surface area contributed by atoms with Crippen LogP contribution in [-0.4, -0.2) is 53.4 Å². The molecule has 2 saturated heterocycles. The Bertz CT molecular complexity index is 433. The van der Waals surface area contributed by atoms with Crippen molar-refractivity contribution < 1.29 is 4.79 Å². The van der Waals surface area contributed by atoms with Gasteiger partial charge in [-0.05, 0) is 26.3 Å². The molecule has 96 valence electrons. The minimum Gasteiger partial charge on any atom is -0.339 e. The maximum atomic E-state index is 10.6. The fourth-order valence-electron chi connectivity index (χ4n) is 3.05. The van der Waals surface area contributed by atoms with E-state index in [0.29, 0.717) is 17.6 Å². The van der Waals surface area contributed by atoms with E-state index in [1.807, 2.05) is 0 Å². The second-order valence-electron chi connectivity index (χ2n) is 5.22. The molecule has 0 aromatic carbocycles. The Labute approximate surface area is 107 Å². The van der Waals surface area contributed by atoms with Gasteiger partial charge >= 0.3 is 0 Å². The minimum atomic E-state index is 0.534. The van der Waals surface area contributed by atoms with Crippen molar-refractivity contribution in [2.75, 3.05) is 25.0 Å². The molecule has 2 fully saturated rings. The van der Waals surface area contributed by atoms with Crippen molar-refractivity contribution in [3.8, 4) is 0 Å². The van der Waals surface area contributed by atoms with Crippen LogP contribution in [0.15, 0.2) is 12.4 Å². The second kappa shape index (κ2) is 4.65. The number of carbonyl (C=O) groups is 1. The third-order valence-corrected chi connectivity index (χ3v) is 4.23. The molecule has 1 aromatic heterocycles. The van der Waals surface area contributed by atoms with E-state index in [9.17, 15) is 4.79 Å². The number of likely N-dealkylation sites (N-methyl/N-ethyl adjacent to an activating group) is 1. The molecule has 1 aromatic rings. The third kappa shape index (κ3) is 1.99. The van der Waals surface area contributed by atoms with Crippen LogP contribution < -0.4 is 4.90 Å². The largest absolute Gasteiger partial charge is 0.339 e. The van der Waals surface area contributed by atoms with Gasteiger partial charge in [0, 0.05) is 37.6 Å². The molecule has 0 saturated carbocycles. The van der Waals surface area contributed by atoms with Gasteiger partial charge in [0.15, 0.2) is 6.29 Å². The van der Waals surface area contributed by atoms with E-state index in [2.05, 4.69) is 26.8 Å². The zero-order valence-electron chi connectivity index (χ0n) is 10.6. The van der Waals surface area contributed by atoms with Gasteiger partial charge < -0.3 is 4.90 Å². The maximum absolute atomic E-state index is 10.6. The number of anilines is 1. The average molecular weight is 246 g/mol. The van der Waals surface area contributed by atoms with Gasteiger partial charge in [-0.15, -0.1) is 0 Å². The van der Waals surface area contributed by atoms with Crippen LogP contribution in [0.3, 0.4) is 0 Å². The summed E-state index contributed by atoms with van der Waals surface area (Å²) in [5.74, 6) is 0.751. The molecule has 2 atom stereocenters. The zero-order chi connectivity index (χ0) is 12.5. The molecule has 5 nitrogen and oxygen atoms in total. The predicted octanol–water partition coefficient (Wildman–Crippen LogP) is 0.962. The van der Waals surface area contributed by atoms with Gasteiger partial charge in [-0.2, -0.15) is 0 Å². The average Bonchev–Trinajstić information content (AvgIpc) is 2.64. The molecule has 0 amide bonds. The quantitative estimate of drug-likeness (QED) is 0.728. The number of aldehydes is 1. The number of hydrogen-bond donors (Lipinski definition) is 0. The lowest BCUT2D eigenvalue weighted by molar-refractivity contribution is 0.112. The van der Waals surface area contributed by atoms with Crippen LogP contribution in [0, 0.1) is 0 Å². The van der Waals surface area contributed by atoms with E-state index in [0.717, 1.165) is 25.3 Å². The second-order valence-corrected chi connectivity index (χ2v) is 5.22. The molecule has 0 N–H and O–H groups in total. The Morgan fingerprint density at radius 3 is 2.67 bits per heavy atom. The Hall–Kier alpha value is -1.49. The molecular formula is C13H18N4O. The fourth-order valence-corrected chi connectivity index (χ4v) is 3.05. The molecular weight excluding hydrogens is 228 g/mol. The summed E-state index contributed by atoms with van der Waals surface area (Å²) in [6.07, 6.45) is 7.74. The minimum absolute atomic E-state index is 0.534. The summed E-state index contributed by atoms with van der Waals surface area (Å²) in [7, 11) is 2.22. The highest BCUT2D eigenvalue weighted by Crippen LogP contribution is 2.29. The predicted molar refractivity (Wildman–Crippen MR) is 68.8 cm³/mol. The fraction of sp³-hybridized carbons (Fsp3) is 0.615. The topological polar surface area (TPSA) is 49.3 Å². The molecule has 5 heteroatoms. The van der Waals surface area contributed by atoms with Gasteiger partial charge in [0.05, 0.1) is 5.56 Å². The van der Waals surface area contributed by atoms with Crippen molar-refractivity contribution in [3.05, 3.63) is 18.0 Å². The summed E-state index contributed by atoms with van der Waals surface area (Å²) < 4.78 is 0. The van der Waals surface area contributed by atoms with E-state index in [1.165, 1.54) is 19.3 Å². The van der Waals surface area contributed by atoms with Crippen LogP contribution in [0.2, 0.25) is 0 Å². The molecule has 2 unspecified atom stereocenters. The van der Waals surface area contributed by atoms with Gasteiger partial charge in [-0.3, -0.25) is 9.69 Å². The van der Waals surface area contributed by atoms with Crippen LogP contribution >= 0.6 is 0 Å². The molecule has 2 aliphatic heterocycles. The van der Waals surface area contributed by atoms with Gasteiger partial charge in [0.25, 0.3) is 0 Å². The Kier molecular flexibility index (Phi) is 2.99. The summed E-state index contributed by atoms with van der Waals surface area (Å²) >= 11 is 0. The number of aromatic nitrogens is 2. The SMILES string of the molecule is CN1C2CCC1CN(c1ncc(C=O)cn1)CC2. The highest BCUT2D eigenvalue weighted by molar-refractivity contribution is 5.73. The first-order valence-electron chi connectivity index (χ1n) is 6.52. The maximum Gasteiger partial charge on any atom is 0.225 e. The van der Waals surface area contributed by atoms with E-state index in [1.54, 1.807) is 12.4 Å². The lowest BCUT2D eigenvalue weighted by atomic mass is 10.1. The smallest absolute Gasteiger partial charge is 0.225 e. The number of hydrogen-bond acceptors (Lipinski definition) is 5. The van der Waals surface area contributed by atoms with Gasteiger partial charge in [0.2, 0.25) is 5.95 Å². The summed E-state index contributed by atoms with van der Waals surface area (Å²) in [5.41, 5.74) is 0.534. The standard InChI is InChI=1S/C13H18N4O/c1-16-11-2-3-12(16)8-17(5-4-11)13-14-6-10(9-18)7-15-13/h6-7,9,11-12H,2-5,8H2,1H3. The number of nitrogens with zero attached hydrogens (tertiary/aromatic N) is 4. The van der Waals surface area contributed by atoms with E-state index < -0.39 is 0 Å². The Morgan fingerprint density at radius 2 is 1.94 bits per heavy atom. The van der Waals surface area contributed by atoms with Crippen molar-refractivity contribution in [1.29, 1.82) is 0 Å². The van der Waals surface area contributed by atoms with Gasteiger partial charge in [-0.1, -0.05) is 0 Å². The van der Waals surface area contributed by atoms with Crippen LogP contribution in [0.4, 0.5) is 5.95 Å². The molecule has 2 aliphatic rings. The van der Waals surface area contributed by atoms with Crippen molar-refractivity contribution in [1.82, 2.24) is 14.9 Å². The summed E-state index contributed by atoms with van der Waals surface area (Å²) in [5, 5.41) is 0. The summed E-state index contributed by atoms with van der Waals surface area (Å²) in [4.78, 5) is 23.9. The summed E-state index contributed by atoms with van der Waals surface area (Å²) in [6, 6.07) is 1.33. The molecule has 0 spiro atoms.